The van der Waals surface area contributed by atoms with Crippen molar-refractivity contribution in [2.45, 2.75) is 29.8 Å². The number of hydrogen-bond acceptors (Lipinski definition) is 7. The molecule has 1 aromatic carbocycles. The van der Waals surface area contributed by atoms with Crippen molar-refractivity contribution in [3.05, 3.63) is 40.8 Å². The minimum atomic E-state index is -0.319. The minimum Gasteiger partial charge on any atom is -0.445 e. The quantitative estimate of drug-likeness (QED) is 0.741. The second kappa shape index (κ2) is 9.09. The molecule has 1 saturated heterocycles. The summed E-state index contributed by atoms with van der Waals surface area (Å²) in [7, 11) is 0. The van der Waals surface area contributed by atoms with Gasteiger partial charge in [-0.1, -0.05) is 42.1 Å². The van der Waals surface area contributed by atoms with Gasteiger partial charge >= 0.3 is 6.09 Å². The van der Waals surface area contributed by atoms with Gasteiger partial charge in [0.15, 0.2) is 4.34 Å². The molecule has 0 spiro atoms. The van der Waals surface area contributed by atoms with Gasteiger partial charge < -0.3 is 20.7 Å². The molecule has 3 rings (SSSR count). The fourth-order valence-electron chi connectivity index (χ4n) is 2.83. The van der Waals surface area contributed by atoms with Crippen LogP contribution in [-0.2, 0) is 11.3 Å². The van der Waals surface area contributed by atoms with Crippen molar-refractivity contribution in [3.8, 4) is 0 Å². The van der Waals surface area contributed by atoms with Crippen molar-refractivity contribution >= 4 is 40.9 Å². The number of aromatic nitrogens is 1. The van der Waals surface area contributed by atoms with Crippen LogP contribution in [0.3, 0.4) is 0 Å². The van der Waals surface area contributed by atoms with E-state index in [1.807, 2.05) is 36.6 Å². The molecule has 0 aliphatic carbocycles. The molecular formula is C18H22N4O3S2. The number of nitrogens with two attached hydrogens (primary N) is 1. The van der Waals surface area contributed by atoms with Crippen LogP contribution in [0.15, 0.2) is 34.7 Å². The van der Waals surface area contributed by atoms with Crippen LogP contribution in [0, 0.1) is 0 Å². The Balaban J connectivity index is 1.45. The number of hydrogen-bond donors (Lipinski definition) is 2. The fraction of sp³-hybridized carbons (Fsp3) is 0.389. The van der Waals surface area contributed by atoms with Gasteiger partial charge in [-0.25, -0.2) is 9.78 Å². The average Bonchev–Trinajstić information content (AvgIpc) is 3.08. The van der Waals surface area contributed by atoms with Gasteiger partial charge in [0.1, 0.15) is 17.3 Å². The zero-order valence-corrected chi connectivity index (χ0v) is 16.6. The summed E-state index contributed by atoms with van der Waals surface area (Å²) in [5.41, 5.74) is 6.78. The lowest BCUT2D eigenvalue weighted by molar-refractivity contribution is 0.0811. The summed E-state index contributed by atoms with van der Waals surface area (Å²) in [6.45, 7) is 1.36. The number of piperidine rings is 1. The normalized spacial score (nSPS) is 14.8. The van der Waals surface area contributed by atoms with E-state index in [0.717, 1.165) is 9.90 Å². The van der Waals surface area contributed by atoms with E-state index in [2.05, 4.69) is 10.3 Å². The summed E-state index contributed by atoms with van der Waals surface area (Å²) in [4.78, 5) is 30.9. The third-order valence-corrected chi connectivity index (χ3v) is 6.36. The summed E-state index contributed by atoms with van der Waals surface area (Å²) >= 11 is 2.76. The second-order valence-corrected chi connectivity index (χ2v) is 8.23. The van der Waals surface area contributed by atoms with Crippen LogP contribution in [0.4, 0.5) is 10.6 Å². The lowest BCUT2D eigenvalue weighted by Crippen LogP contribution is -2.46. The number of likely N-dealkylation sites (tertiary alicyclic amines) is 1. The third kappa shape index (κ3) is 5.14. The van der Waals surface area contributed by atoms with Crippen LogP contribution in [0.5, 0.6) is 0 Å². The zero-order valence-electron chi connectivity index (χ0n) is 15.0. The van der Waals surface area contributed by atoms with Crippen molar-refractivity contribution in [1.29, 1.82) is 0 Å². The molecule has 1 aromatic heterocycles. The number of nitrogens with zero attached hydrogens (tertiary/aromatic N) is 2. The summed E-state index contributed by atoms with van der Waals surface area (Å²) in [6, 6.07) is 9.59. The van der Waals surface area contributed by atoms with E-state index in [1.165, 1.54) is 23.1 Å². The SMILES string of the molecule is CSc1nc(N)c(C(=O)NC2CCN(C(=O)OCc3ccccc3)CC2)s1. The van der Waals surface area contributed by atoms with Gasteiger partial charge in [-0.3, -0.25) is 4.79 Å². The molecule has 144 valence electrons. The predicted octanol–water partition coefficient (Wildman–Crippen LogP) is 2.98. The molecule has 0 radical (unpaired) electrons. The standard InChI is InChI=1S/C18H22N4O3S2/c1-26-17-21-15(19)14(27-17)16(23)20-13-7-9-22(10-8-13)18(24)25-11-12-5-3-2-4-6-12/h2-6,13H,7-11,19H2,1H3,(H,20,23). The lowest BCUT2D eigenvalue weighted by atomic mass is 10.1. The molecule has 0 bridgehead atoms. The van der Waals surface area contributed by atoms with E-state index in [0.29, 0.717) is 30.8 Å². The van der Waals surface area contributed by atoms with E-state index in [1.54, 1.807) is 4.90 Å². The third-order valence-electron chi connectivity index (χ3n) is 4.31. The molecular weight excluding hydrogens is 384 g/mol. The molecule has 9 heteroatoms. The monoisotopic (exact) mass is 406 g/mol. The Hall–Kier alpha value is -2.26. The van der Waals surface area contributed by atoms with Gasteiger partial charge in [0, 0.05) is 19.1 Å². The first-order valence-electron chi connectivity index (χ1n) is 8.63. The molecule has 1 fully saturated rings. The van der Waals surface area contributed by atoms with Crippen LogP contribution >= 0.6 is 23.1 Å². The van der Waals surface area contributed by atoms with E-state index >= 15 is 0 Å². The number of nitrogen functional groups attached to an aromatic ring is 1. The number of rotatable bonds is 5. The Bertz CT molecular complexity index is 789. The number of amides is 2. The number of ether oxygens (including phenoxy) is 1. The minimum absolute atomic E-state index is 0.00917. The van der Waals surface area contributed by atoms with Crippen molar-refractivity contribution in [3.63, 3.8) is 0 Å². The Morgan fingerprint density at radius 2 is 2.04 bits per heavy atom. The Morgan fingerprint density at radius 1 is 1.33 bits per heavy atom. The number of nitrogens with one attached hydrogen (secondary N) is 1. The van der Waals surface area contributed by atoms with Crippen LogP contribution < -0.4 is 11.1 Å². The van der Waals surface area contributed by atoms with E-state index in [4.69, 9.17) is 10.5 Å². The fourth-order valence-corrected chi connectivity index (χ4v) is 4.22. The molecule has 27 heavy (non-hydrogen) atoms. The molecule has 0 saturated carbocycles. The number of thioether (sulfide) groups is 1. The van der Waals surface area contributed by atoms with Crippen molar-refractivity contribution in [1.82, 2.24) is 15.2 Å². The van der Waals surface area contributed by atoms with Gasteiger partial charge in [0.2, 0.25) is 0 Å². The predicted molar refractivity (Wildman–Crippen MR) is 107 cm³/mol. The largest absolute Gasteiger partial charge is 0.445 e. The molecule has 7 nitrogen and oxygen atoms in total. The highest BCUT2D eigenvalue weighted by Crippen LogP contribution is 2.27. The maximum Gasteiger partial charge on any atom is 0.410 e. The number of anilines is 1. The van der Waals surface area contributed by atoms with Gasteiger partial charge in [-0.05, 0) is 24.7 Å². The number of carbonyl (C=O) groups excluding carboxylic acids is 2. The molecule has 2 amide bonds. The summed E-state index contributed by atoms with van der Waals surface area (Å²) in [6.07, 6.45) is 2.94. The smallest absolute Gasteiger partial charge is 0.410 e. The maximum absolute atomic E-state index is 12.4. The summed E-state index contributed by atoms with van der Waals surface area (Å²) in [5.74, 6) is 0.0687. The zero-order chi connectivity index (χ0) is 19.2. The molecule has 0 atom stereocenters. The number of thiazole rings is 1. The van der Waals surface area contributed by atoms with Gasteiger partial charge in [-0.15, -0.1) is 11.3 Å². The Morgan fingerprint density at radius 3 is 2.67 bits per heavy atom. The van der Waals surface area contributed by atoms with Crippen LogP contribution in [0.2, 0.25) is 0 Å². The van der Waals surface area contributed by atoms with Gasteiger partial charge in [-0.2, -0.15) is 0 Å². The van der Waals surface area contributed by atoms with Crippen LogP contribution in [-0.4, -0.2) is 47.3 Å². The first-order chi connectivity index (χ1) is 13.1. The number of carbonyl (C=O) groups is 2. The highest BCUT2D eigenvalue weighted by Gasteiger charge is 2.26. The molecule has 0 unspecified atom stereocenters. The molecule has 1 aliphatic rings. The summed E-state index contributed by atoms with van der Waals surface area (Å²) < 4.78 is 6.13. The second-order valence-electron chi connectivity index (χ2n) is 6.17. The van der Waals surface area contributed by atoms with E-state index in [9.17, 15) is 9.59 Å². The van der Waals surface area contributed by atoms with Crippen molar-refractivity contribution < 1.29 is 14.3 Å². The topological polar surface area (TPSA) is 97.5 Å². The first kappa shape index (κ1) is 19.5. The highest BCUT2D eigenvalue weighted by atomic mass is 32.2. The molecule has 1 aliphatic heterocycles. The molecule has 3 N–H and O–H groups in total. The summed E-state index contributed by atoms with van der Waals surface area (Å²) in [5, 5.41) is 2.99. The van der Waals surface area contributed by atoms with Crippen LogP contribution in [0.25, 0.3) is 0 Å². The van der Waals surface area contributed by atoms with Crippen molar-refractivity contribution in [2.24, 2.45) is 0 Å². The van der Waals surface area contributed by atoms with Gasteiger partial charge in [0.05, 0.1) is 0 Å². The lowest BCUT2D eigenvalue weighted by Gasteiger charge is -2.31. The maximum atomic E-state index is 12.4. The Kier molecular flexibility index (Phi) is 6.57. The van der Waals surface area contributed by atoms with Crippen molar-refractivity contribution in [2.75, 3.05) is 25.1 Å². The van der Waals surface area contributed by atoms with E-state index in [-0.39, 0.29) is 30.5 Å². The highest BCUT2D eigenvalue weighted by molar-refractivity contribution is 8.00. The molecule has 2 heterocycles. The average molecular weight is 407 g/mol. The van der Waals surface area contributed by atoms with E-state index < -0.39 is 0 Å². The first-order valence-corrected chi connectivity index (χ1v) is 10.7. The molecule has 2 aromatic rings. The van der Waals surface area contributed by atoms with Gasteiger partial charge in [0.25, 0.3) is 5.91 Å². The van der Waals surface area contributed by atoms with Crippen LogP contribution in [0.1, 0.15) is 28.1 Å². The number of benzene rings is 1. The Labute approximate surface area is 166 Å².